The van der Waals surface area contributed by atoms with Gasteiger partial charge in [0.15, 0.2) is 0 Å². The number of hydrogen-bond donors (Lipinski definition) is 8. The Morgan fingerprint density at radius 2 is 0.821 bits per heavy atom. The van der Waals surface area contributed by atoms with Gasteiger partial charge in [-0.1, -0.05) is 0 Å². The van der Waals surface area contributed by atoms with Crippen molar-refractivity contribution in [3.8, 4) is 11.5 Å². The predicted molar refractivity (Wildman–Crippen MR) is 113 cm³/mol. The van der Waals surface area contributed by atoms with Gasteiger partial charge >= 0.3 is 0 Å². The van der Waals surface area contributed by atoms with E-state index in [1.165, 1.54) is 0 Å². The fourth-order valence-electron chi connectivity index (χ4n) is 2.18. The third-order valence-electron chi connectivity index (χ3n) is 3.61. The van der Waals surface area contributed by atoms with Crippen molar-refractivity contribution < 1.29 is 9.68 Å². The van der Waals surface area contributed by atoms with Crippen molar-refractivity contribution in [1.29, 1.82) is 0 Å². The van der Waals surface area contributed by atoms with Crippen LogP contribution in [0.1, 0.15) is 0 Å². The van der Waals surface area contributed by atoms with Crippen molar-refractivity contribution in [2.24, 2.45) is 11.5 Å². The Bertz CT molecular complexity index is 409. The number of nitrogens with one attached hydrogen (secondary N) is 6. The van der Waals surface area contributed by atoms with Gasteiger partial charge in [-0.2, -0.15) is 11.0 Å². The summed E-state index contributed by atoms with van der Waals surface area (Å²) in [4.78, 5) is 11.0. The van der Waals surface area contributed by atoms with Crippen LogP contribution < -0.4 is 53.4 Å². The van der Waals surface area contributed by atoms with Crippen molar-refractivity contribution in [2.45, 2.75) is 0 Å². The van der Waals surface area contributed by atoms with Gasteiger partial charge < -0.3 is 42.4 Å². The molecule has 1 aromatic rings. The van der Waals surface area contributed by atoms with Gasteiger partial charge in [-0.3, -0.25) is 0 Å². The van der Waals surface area contributed by atoms with E-state index in [2.05, 4.69) is 32.2 Å². The van der Waals surface area contributed by atoms with Crippen molar-refractivity contribution in [3.63, 3.8) is 0 Å². The molecule has 0 bridgehead atoms. The Labute approximate surface area is 168 Å². The molecule has 0 aromatic heterocycles. The minimum absolute atomic E-state index is 0.667. The molecule has 0 saturated carbocycles. The van der Waals surface area contributed by atoms with E-state index in [1.54, 1.807) is 0 Å². The highest BCUT2D eigenvalue weighted by molar-refractivity contribution is 5.30. The summed E-state index contributed by atoms with van der Waals surface area (Å²) in [6.07, 6.45) is 0. The third kappa shape index (κ3) is 14.5. The maximum Gasteiger partial charge on any atom is 0.147 e. The SMILES string of the molecule is NCCNCCNCCNOc1ccc(ONCCNCCNCCN)cc1. The molecule has 28 heavy (non-hydrogen) atoms. The first-order valence-corrected chi connectivity index (χ1v) is 9.99. The van der Waals surface area contributed by atoms with Crippen LogP contribution in [0.2, 0.25) is 0 Å². The van der Waals surface area contributed by atoms with Crippen molar-refractivity contribution in [3.05, 3.63) is 24.3 Å². The van der Waals surface area contributed by atoms with Crippen LogP contribution in [0, 0.1) is 0 Å². The molecule has 0 saturated heterocycles. The highest BCUT2D eigenvalue weighted by atomic mass is 16.7. The highest BCUT2D eigenvalue weighted by Gasteiger charge is 1.97. The van der Waals surface area contributed by atoms with E-state index in [0.29, 0.717) is 26.2 Å². The van der Waals surface area contributed by atoms with Crippen molar-refractivity contribution >= 4 is 0 Å². The molecule has 10 N–H and O–H groups in total. The molecule has 1 aromatic carbocycles. The summed E-state index contributed by atoms with van der Waals surface area (Å²) >= 11 is 0. The van der Waals surface area contributed by atoms with E-state index >= 15 is 0 Å². The average Bonchev–Trinajstić information content (AvgIpc) is 2.72. The fourth-order valence-corrected chi connectivity index (χ4v) is 2.18. The summed E-state index contributed by atoms with van der Waals surface area (Å²) in [5.41, 5.74) is 16.7. The minimum Gasteiger partial charge on any atom is -0.409 e. The van der Waals surface area contributed by atoms with Crippen LogP contribution in [-0.4, -0.2) is 78.5 Å². The molecule has 0 aliphatic rings. The largest absolute Gasteiger partial charge is 0.409 e. The van der Waals surface area contributed by atoms with Gasteiger partial charge in [-0.15, -0.1) is 0 Å². The number of benzene rings is 1. The molecule has 0 aliphatic carbocycles. The topological polar surface area (TPSA) is 143 Å². The Kier molecular flexibility index (Phi) is 16.5. The molecule has 0 heterocycles. The third-order valence-corrected chi connectivity index (χ3v) is 3.61. The summed E-state index contributed by atoms with van der Waals surface area (Å²) in [5.74, 6) is 1.48. The molecule has 0 radical (unpaired) electrons. The highest BCUT2D eigenvalue weighted by Crippen LogP contribution is 2.15. The molecule has 0 unspecified atom stereocenters. The molecule has 0 spiro atoms. The fraction of sp³-hybridized carbons (Fsp3) is 0.667. The molecule has 162 valence electrons. The summed E-state index contributed by atoms with van der Waals surface area (Å²) < 4.78 is 0. The van der Waals surface area contributed by atoms with E-state index in [1.807, 2.05) is 24.3 Å². The summed E-state index contributed by atoms with van der Waals surface area (Å²) in [5, 5.41) is 13.1. The smallest absolute Gasteiger partial charge is 0.147 e. The van der Waals surface area contributed by atoms with Crippen LogP contribution in [0.5, 0.6) is 11.5 Å². The molecule has 0 fully saturated rings. The molecular weight excluding hydrogens is 360 g/mol. The van der Waals surface area contributed by atoms with Gasteiger partial charge in [0.2, 0.25) is 0 Å². The van der Waals surface area contributed by atoms with Crippen LogP contribution in [-0.2, 0) is 0 Å². The maximum absolute atomic E-state index is 5.48. The lowest BCUT2D eigenvalue weighted by atomic mass is 10.3. The lowest BCUT2D eigenvalue weighted by Crippen LogP contribution is -2.35. The summed E-state index contributed by atoms with van der Waals surface area (Å²) in [7, 11) is 0. The monoisotopic (exact) mass is 398 g/mol. The van der Waals surface area contributed by atoms with Crippen LogP contribution in [0.25, 0.3) is 0 Å². The lowest BCUT2D eigenvalue weighted by molar-refractivity contribution is 0.190. The lowest BCUT2D eigenvalue weighted by Gasteiger charge is -2.10. The van der Waals surface area contributed by atoms with Crippen LogP contribution in [0.3, 0.4) is 0 Å². The number of hydroxylamine groups is 2. The van der Waals surface area contributed by atoms with E-state index in [4.69, 9.17) is 21.1 Å². The molecule has 10 heteroatoms. The Balaban J connectivity index is 1.94. The van der Waals surface area contributed by atoms with Crippen molar-refractivity contribution in [1.82, 2.24) is 32.2 Å². The zero-order valence-electron chi connectivity index (χ0n) is 16.8. The number of nitrogens with two attached hydrogens (primary N) is 2. The van der Waals surface area contributed by atoms with Gasteiger partial charge in [0.25, 0.3) is 0 Å². The van der Waals surface area contributed by atoms with Gasteiger partial charge in [0.05, 0.1) is 0 Å². The van der Waals surface area contributed by atoms with Gasteiger partial charge in [0.1, 0.15) is 11.5 Å². The molecule has 0 amide bonds. The number of hydrogen-bond acceptors (Lipinski definition) is 10. The molecular formula is C18H38N8O2. The molecule has 10 nitrogen and oxygen atoms in total. The first kappa shape index (κ1) is 24.5. The predicted octanol–water partition coefficient (Wildman–Crippen LogP) is -2.27. The van der Waals surface area contributed by atoms with Gasteiger partial charge in [-0.25, -0.2) is 0 Å². The maximum atomic E-state index is 5.48. The second-order valence-electron chi connectivity index (χ2n) is 6.04. The Morgan fingerprint density at radius 1 is 0.500 bits per heavy atom. The average molecular weight is 399 g/mol. The van der Waals surface area contributed by atoms with Gasteiger partial charge in [-0.05, 0) is 24.3 Å². The number of rotatable bonds is 20. The Morgan fingerprint density at radius 3 is 1.18 bits per heavy atom. The van der Waals surface area contributed by atoms with Crippen LogP contribution in [0.15, 0.2) is 24.3 Å². The quantitative estimate of drug-likeness (QED) is 0.0895. The zero-order valence-corrected chi connectivity index (χ0v) is 16.8. The van der Waals surface area contributed by atoms with E-state index < -0.39 is 0 Å². The van der Waals surface area contributed by atoms with E-state index in [-0.39, 0.29) is 0 Å². The van der Waals surface area contributed by atoms with Crippen molar-refractivity contribution in [2.75, 3.05) is 78.5 Å². The van der Waals surface area contributed by atoms with Crippen LogP contribution in [0.4, 0.5) is 0 Å². The summed E-state index contributed by atoms with van der Waals surface area (Å²) in [6, 6.07) is 7.43. The summed E-state index contributed by atoms with van der Waals surface area (Å²) in [6.45, 7) is 9.75. The van der Waals surface area contributed by atoms with Crippen LogP contribution >= 0.6 is 0 Å². The van der Waals surface area contributed by atoms with E-state index in [0.717, 1.165) is 63.9 Å². The Hall–Kier alpha value is -1.50. The van der Waals surface area contributed by atoms with E-state index in [9.17, 15) is 0 Å². The molecule has 1 rings (SSSR count). The van der Waals surface area contributed by atoms with Gasteiger partial charge in [0, 0.05) is 78.5 Å². The standard InChI is InChI=1S/C18H38N8O2/c19-5-7-21-9-11-23-13-15-25-27-17-1-2-18(4-3-17)28-26-16-14-24-12-10-22-8-6-20/h1-4,21-26H,5-16,19-20H2. The second-order valence-corrected chi connectivity index (χ2v) is 6.04. The first-order chi connectivity index (χ1) is 13.9. The first-order valence-electron chi connectivity index (χ1n) is 9.99. The normalized spacial score (nSPS) is 10.9. The molecule has 0 aliphatic heterocycles. The second kappa shape index (κ2) is 18.8. The minimum atomic E-state index is 0.667. The molecule has 0 atom stereocenters. The zero-order chi connectivity index (χ0) is 20.1.